The summed E-state index contributed by atoms with van der Waals surface area (Å²) in [5, 5.41) is 5.54. The van der Waals surface area contributed by atoms with Crippen molar-refractivity contribution in [2.24, 2.45) is 0 Å². The maximum atomic E-state index is 13.0. The summed E-state index contributed by atoms with van der Waals surface area (Å²) in [6.45, 7) is 1.97. The van der Waals surface area contributed by atoms with E-state index in [1.165, 1.54) is 14.2 Å². The summed E-state index contributed by atoms with van der Waals surface area (Å²) in [5.41, 5.74) is 2.95. The van der Waals surface area contributed by atoms with E-state index in [-0.39, 0.29) is 5.70 Å². The van der Waals surface area contributed by atoms with Crippen LogP contribution in [0.2, 0.25) is 0 Å². The Balaban J connectivity index is 1.87. The molecule has 31 heavy (non-hydrogen) atoms. The second kappa shape index (κ2) is 10.1. The largest absolute Gasteiger partial charge is 0.493 e. The van der Waals surface area contributed by atoms with E-state index in [0.717, 1.165) is 11.1 Å². The summed E-state index contributed by atoms with van der Waals surface area (Å²) >= 11 is 0. The fourth-order valence-corrected chi connectivity index (χ4v) is 2.88. The van der Waals surface area contributed by atoms with Gasteiger partial charge in [-0.2, -0.15) is 0 Å². The van der Waals surface area contributed by atoms with Crippen molar-refractivity contribution in [1.82, 2.24) is 5.32 Å². The van der Waals surface area contributed by atoms with Crippen molar-refractivity contribution in [1.29, 1.82) is 0 Å². The lowest BCUT2D eigenvalue weighted by Gasteiger charge is -2.13. The zero-order valence-corrected chi connectivity index (χ0v) is 17.6. The van der Waals surface area contributed by atoms with Crippen LogP contribution < -0.4 is 20.1 Å². The van der Waals surface area contributed by atoms with Crippen LogP contribution in [-0.2, 0) is 4.79 Å². The number of hydrogen-bond donors (Lipinski definition) is 2. The molecule has 0 aliphatic heterocycles. The summed E-state index contributed by atoms with van der Waals surface area (Å²) in [5.74, 6) is 0.0628. The van der Waals surface area contributed by atoms with Gasteiger partial charge >= 0.3 is 0 Å². The third-order valence-corrected chi connectivity index (χ3v) is 4.56. The summed E-state index contributed by atoms with van der Waals surface area (Å²) in [6, 6.07) is 21.5. The van der Waals surface area contributed by atoms with Crippen LogP contribution >= 0.6 is 0 Å². The molecule has 0 spiro atoms. The molecule has 2 amide bonds. The molecule has 158 valence electrons. The van der Waals surface area contributed by atoms with Gasteiger partial charge in [0.05, 0.1) is 14.2 Å². The highest BCUT2D eigenvalue weighted by Gasteiger charge is 2.17. The molecule has 0 aromatic heterocycles. The van der Waals surface area contributed by atoms with Crippen LogP contribution in [0, 0.1) is 6.92 Å². The van der Waals surface area contributed by atoms with Crippen LogP contribution in [-0.4, -0.2) is 26.0 Å². The van der Waals surface area contributed by atoms with Gasteiger partial charge in [-0.3, -0.25) is 9.59 Å². The second-order valence-corrected chi connectivity index (χ2v) is 6.81. The lowest BCUT2D eigenvalue weighted by Crippen LogP contribution is -2.30. The Hall–Kier alpha value is -4.06. The average molecular weight is 416 g/mol. The van der Waals surface area contributed by atoms with Gasteiger partial charge in [0.25, 0.3) is 11.8 Å². The molecule has 0 heterocycles. The van der Waals surface area contributed by atoms with Crippen LogP contribution in [0.4, 0.5) is 5.69 Å². The Kier molecular flexibility index (Phi) is 7.06. The van der Waals surface area contributed by atoms with Gasteiger partial charge in [-0.1, -0.05) is 48.0 Å². The minimum Gasteiger partial charge on any atom is -0.493 e. The molecule has 3 aromatic rings. The number of amides is 2. The van der Waals surface area contributed by atoms with Crippen LogP contribution in [0.1, 0.15) is 21.5 Å². The van der Waals surface area contributed by atoms with Gasteiger partial charge in [-0.15, -0.1) is 0 Å². The van der Waals surface area contributed by atoms with Crippen LogP contribution in [0.3, 0.4) is 0 Å². The number of anilines is 1. The lowest BCUT2D eigenvalue weighted by atomic mass is 10.1. The average Bonchev–Trinajstić information content (AvgIpc) is 2.80. The number of aryl methyl sites for hydroxylation is 1. The minimum absolute atomic E-state index is 0.117. The highest BCUT2D eigenvalue weighted by molar-refractivity contribution is 6.10. The molecular weight excluding hydrogens is 392 g/mol. The van der Waals surface area contributed by atoms with Crippen LogP contribution in [0.5, 0.6) is 11.5 Å². The molecule has 6 heteroatoms. The third kappa shape index (κ3) is 5.73. The van der Waals surface area contributed by atoms with Crippen molar-refractivity contribution in [3.8, 4) is 11.5 Å². The predicted octanol–water partition coefficient (Wildman–Crippen LogP) is 4.42. The summed E-state index contributed by atoms with van der Waals surface area (Å²) < 4.78 is 10.5. The highest BCUT2D eigenvalue weighted by Crippen LogP contribution is 2.27. The molecule has 0 aliphatic carbocycles. The molecule has 0 fully saturated rings. The third-order valence-electron chi connectivity index (χ3n) is 4.56. The number of carbonyl (C=O) groups is 2. The number of hydrogen-bond acceptors (Lipinski definition) is 4. The molecule has 0 bridgehead atoms. The first kappa shape index (κ1) is 21.6. The van der Waals surface area contributed by atoms with Crippen molar-refractivity contribution in [2.75, 3.05) is 19.5 Å². The van der Waals surface area contributed by atoms with Crippen molar-refractivity contribution in [2.45, 2.75) is 6.92 Å². The van der Waals surface area contributed by atoms with Gasteiger partial charge < -0.3 is 20.1 Å². The zero-order chi connectivity index (χ0) is 22.2. The normalized spacial score (nSPS) is 10.9. The van der Waals surface area contributed by atoms with Crippen molar-refractivity contribution in [3.05, 3.63) is 95.2 Å². The van der Waals surface area contributed by atoms with E-state index in [2.05, 4.69) is 10.6 Å². The van der Waals surface area contributed by atoms with E-state index in [1.807, 2.05) is 61.5 Å². The topological polar surface area (TPSA) is 76.7 Å². The number of methoxy groups -OCH3 is 2. The Bertz CT molecular complexity index is 1090. The Morgan fingerprint density at radius 2 is 1.52 bits per heavy atom. The van der Waals surface area contributed by atoms with E-state index in [1.54, 1.807) is 24.3 Å². The number of benzene rings is 3. The molecule has 3 rings (SSSR count). The number of rotatable bonds is 7. The standard InChI is InChI=1S/C25H24N2O4/c1-17-9-12-20(13-10-17)26-25(29)21(15-18-7-5-4-6-8-18)27-24(28)19-11-14-22(30-2)23(16-19)31-3/h4-16H,1-3H3,(H,26,29)(H,27,28)/b21-15-. The smallest absolute Gasteiger partial charge is 0.272 e. The van der Waals surface area contributed by atoms with Crippen LogP contribution in [0.25, 0.3) is 6.08 Å². The molecule has 0 saturated carbocycles. The van der Waals surface area contributed by atoms with Crippen molar-refractivity contribution in [3.63, 3.8) is 0 Å². The van der Waals surface area contributed by atoms with Crippen molar-refractivity contribution >= 4 is 23.6 Å². The first-order chi connectivity index (χ1) is 15.0. The quantitative estimate of drug-likeness (QED) is 0.559. The molecule has 3 aromatic carbocycles. The summed E-state index contributed by atoms with van der Waals surface area (Å²) in [6.07, 6.45) is 1.63. The molecule has 0 unspecified atom stereocenters. The van der Waals surface area contributed by atoms with Gasteiger partial charge in [0, 0.05) is 11.3 Å². The van der Waals surface area contributed by atoms with Gasteiger partial charge in [0.2, 0.25) is 0 Å². The van der Waals surface area contributed by atoms with Gasteiger partial charge in [0.15, 0.2) is 11.5 Å². The monoisotopic (exact) mass is 416 g/mol. The number of carbonyl (C=O) groups excluding carboxylic acids is 2. The van der Waals surface area contributed by atoms with Crippen molar-refractivity contribution < 1.29 is 19.1 Å². The van der Waals surface area contributed by atoms with E-state index in [9.17, 15) is 9.59 Å². The fourth-order valence-electron chi connectivity index (χ4n) is 2.88. The van der Waals surface area contributed by atoms with E-state index in [0.29, 0.717) is 22.7 Å². The minimum atomic E-state index is -0.442. The Morgan fingerprint density at radius 1 is 0.839 bits per heavy atom. The maximum Gasteiger partial charge on any atom is 0.272 e. The summed E-state index contributed by atoms with van der Waals surface area (Å²) in [7, 11) is 3.02. The van der Waals surface area contributed by atoms with Gasteiger partial charge in [-0.05, 0) is 48.9 Å². The molecule has 0 atom stereocenters. The van der Waals surface area contributed by atoms with E-state index >= 15 is 0 Å². The van der Waals surface area contributed by atoms with E-state index in [4.69, 9.17) is 9.47 Å². The Labute approximate surface area is 181 Å². The highest BCUT2D eigenvalue weighted by atomic mass is 16.5. The first-order valence-corrected chi connectivity index (χ1v) is 9.68. The zero-order valence-electron chi connectivity index (χ0n) is 17.6. The second-order valence-electron chi connectivity index (χ2n) is 6.81. The molecule has 0 aliphatic rings. The van der Waals surface area contributed by atoms with Crippen LogP contribution in [0.15, 0.2) is 78.5 Å². The molecular formula is C25H24N2O4. The molecule has 0 radical (unpaired) electrons. The number of ether oxygens (including phenoxy) is 2. The molecule has 0 saturated heterocycles. The maximum absolute atomic E-state index is 13.0. The number of nitrogens with one attached hydrogen (secondary N) is 2. The molecule has 2 N–H and O–H groups in total. The van der Waals surface area contributed by atoms with E-state index < -0.39 is 11.8 Å². The van der Waals surface area contributed by atoms with Gasteiger partial charge in [-0.25, -0.2) is 0 Å². The predicted molar refractivity (Wildman–Crippen MR) is 121 cm³/mol. The molecule has 6 nitrogen and oxygen atoms in total. The lowest BCUT2D eigenvalue weighted by molar-refractivity contribution is -0.113. The Morgan fingerprint density at radius 3 is 2.16 bits per heavy atom. The summed E-state index contributed by atoms with van der Waals surface area (Å²) in [4.78, 5) is 25.8. The SMILES string of the molecule is COc1ccc(C(=O)N/C(=C\c2ccccc2)C(=O)Nc2ccc(C)cc2)cc1OC. The fraction of sp³-hybridized carbons (Fsp3) is 0.120. The first-order valence-electron chi connectivity index (χ1n) is 9.68. The van der Waals surface area contributed by atoms with Gasteiger partial charge in [0.1, 0.15) is 5.70 Å².